The SMILES string of the molecule is CN(CCCN)CCCNCC(Cl)c1ccccc1. The maximum absolute atomic E-state index is 6.33. The summed E-state index contributed by atoms with van der Waals surface area (Å²) >= 11 is 6.33. The minimum Gasteiger partial charge on any atom is -0.330 e. The normalized spacial score (nSPS) is 12.8. The van der Waals surface area contributed by atoms with Gasteiger partial charge in [0.25, 0.3) is 0 Å². The van der Waals surface area contributed by atoms with Gasteiger partial charge in [-0.25, -0.2) is 0 Å². The lowest BCUT2D eigenvalue weighted by atomic mass is 10.1. The quantitative estimate of drug-likeness (QED) is 0.511. The van der Waals surface area contributed by atoms with Crippen LogP contribution in [0.25, 0.3) is 0 Å². The smallest absolute Gasteiger partial charge is 0.0709 e. The summed E-state index contributed by atoms with van der Waals surface area (Å²) in [6.45, 7) is 4.78. The number of hydrogen-bond acceptors (Lipinski definition) is 3. The van der Waals surface area contributed by atoms with Crippen molar-refractivity contribution in [2.24, 2.45) is 5.73 Å². The second-order valence-electron chi connectivity index (χ2n) is 4.88. The minimum atomic E-state index is 0.0520. The van der Waals surface area contributed by atoms with Crippen LogP contribution in [0.4, 0.5) is 0 Å². The van der Waals surface area contributed by atoms with Gasteiger partial charge in [0.05, 0.1) is 5.38 Å². The largest absolute Gasteiger partial charge is 0.330 e. The number of alkyl halides is 1. The first-order valence-corrected chi connectivity index (χ1v) is 7.46. The average Bonchev–Trinajstić information content (AvgIpc) is 2.45. The van der Waals surface area contributed by atoms with E-state index in [9.17, 15) is 0 Å². The number of rotatable bonds is 10. The van der Waals surface area contributed by atoms with E-state index in [0.29, 0.717) is 0 Å². The van der Waals surface area contributed by atoms with Crippen molar-refractivity contribution in [3.05, 3.63) is 35.9 Å². The van der Waals surface area contributed by atoms with Crippen LogP contribution in [0.15, 0.2) is 30.3 Å². The lowest BCUT2D eigenvalue weighted by Gasteiger charge is -2.16. The summed E-state index contributed by atoms with van der Waals surface area (Å²) in [4.78, 5) is 2.32. The second-order valence-corrected chi connectivity index (χ2v) is 5.41. The molecule has 1 rings (SSSR count). The Balaban J connectivity index is 2.05. The molecule has 0 spiro atoms. The van der Waals surface area contributed by atoms with Crippen LogP contribution >= 0.6 is 11.6 Å². The number of halogens is 1. The standard InChI is InChI=1S/C15H26ClN3/c1-19(11-5-9-17)12-6-10-18-13-15(16)14-7-3-2-4-8-14/h2-4,7-8,15,18H,5-6,9-13,17H2,1H3. The lowest BCUT2D eigenvalue weighted by Crippen LogP contribution is -2.27. The Kier molecular flexibility index (Phi) is 8.84. The average molecular weight is 284 g/mol. The first kappa shape index (κ1) is 16.4. The van der Waals surface area contributed by atoms with Crippen LogP contribution in [-0.4, -0.2) is 44.7 Å². The van der Waals surface area contributed by atoms with Gasteiger partial charge in [0.2, 0.25) is 0 Å². The van der Waals surface area contributed by atoms with Gasteiger partial charge in [-0.3, -0.25) is 0 Å². The Morgan fingerprint density at radius 3 is 2.58 bits per heavy atom. The molecular weight excluding hydrogens is 258 g/mol. The maximum Gasteiger partial charge on any atom is 0.0709 e. The zero-order valence-corrected chi connectivity index (χ0v) is 12.6. The van der Waals surface area contributed by atoms with Crippen molar-refractivity contribution in [2.75, 3.05) is 39.8 Å². The van der Waals surface area contributed by atoms with Crippen LogP contribution in [-0.2, 0) is 0 Å². The maximum atomic E-state index is 6.33. The molecule has 0 bridgehead atoms. The molecule has 3 nitrogen and oxygen atoms in total. The number of benzene rings is 1. The number of nitrogens with zero attached hydrogens (tertiary/aromatic N) is 1. The van der Waals surface area contributed by atoms with E-state index in [1.54, 1.807) is 0 Å². The molecule has 0 saturated heterocycles. The predicted octanol–water partition coefficient (Wildman–Crippen LogP) is 2.23. The molecule has 0 heterocycles. The van der Waals surface area contributed by atoms with Crippen molar-refractivity contribution in [3.8, 4) is 0 Å². The fraction of sp³-hybridized carbons (Fsp3) is 0.600. The van der Waals surface area contributed by atoms with Crippen LogP contribution in [0.3, 0.4) is 0 Å². The molecule has 1 aromatic rings. The zero-order chi connectivity index (χ0) is 13.9. The van der Waals surface area contributed by atoms with Gasteiger partial charge in [0, 0.05) is 6.54 Å². The summed E-state index contributed by atoms with van der Waals surface area (Å²) in [5, 5.41) is 3.46. The van der Waals surface area contributed by atoms with Crippen LogP contribution in [0.5, 0.6) is 0 Å². The molecule has 19 heavy (non-hydrogen) atoms. The summed E-state index contributed by atoms with van der Waals surface area (Å²) in [6.07, 6.45) is 2.21. The van der Waals surface area contributed by atoms with E-state index in [2.05, 4.69) is 29.4 Å². The fourth-order valence-corrected chi connectivity index (χ4v) is 2.21. The van der Waals surface area contributed by atoms with Gasteiger partial charge in [-0.2, -0.15) is 0 Å². The van der Waals surface area contributed by atoms with E-state index in [1.165, 1.54) is 5.56 Å². The highest BCUT2D eigenvalue weighted by atomic mass is 35.5. The molecule has 0 saturated carbocycles. The van der Waals surface area contributed by atoms with Gasteiger partial charge in [0.1, 0.15) is 0 Å². The van der Waals surface area contributed by atoms with E-state index < -0.39 is 0 Å². The van der Waals surface area contributed by atoms with Gasteiger partial charge in [-0.05, 0) is 51.6 Å². The van der Waals surface area contributed by atoms with Crippen molar-refractivity contribution in [1.29, 1.82) is 0 Å². The van der Waals surface area contributed by atoms with Gasteiger partial charge < -0.3 is 16.0 Å². The molecule has 1 atom stereocenters. The van der Waals surface area contributed by atoms with E-state index in [-0.39, 0.29) is 5.38 Å². The van der Waals surface area contributed by atoms with Crippen LogP contribution in [0.1, 0.15) is 23.8 Å². The first-order chi connectivity index (χ1) is 9.24. The van der Waals surface area contributed by atoms with E-state index in [0.717, 1.165) is 45.6 Å². The van der Waals surface area contributed by atoms with Crippen molar-refractivity contribution in [2.45, 2.75) is 18.2 Å². The summed E-state index contributed by atoms with van der Waals surface area (Å²) in [7, 11) is 2.14. The topological polar surface area (TPSA) is 41.3 Å². The van der Waals surface area contributed by atoms with Crippen molar-refractivity contribution in [1.82, 2.24) is 10.2 Å². The Hall–Kier alpha value is -0.610. The Labute approximate surface area is 122 Å². The first-order valence-electron chi connectivity index (χ1n) is 7.02. The molecular formula is C15H26ClN3. The van der Waals surface area contributed by atoms with E-state index in [4.69, 9.17) is 17.3 Å². The molecule has 0 fully saturated rings. The van der Waals surface area contributed by atoms with Crippen LogP contribution < -0.4 is 11.1 Å². The molecule has 1 unspecified atom stereocenters. The highest BCUT2D eigenvalue weighted by Crippen LogP contribution is 2.18. The molecule has 0 aliphatic rings. The monoisotopic (exact) mass is 283 g/mol. The summed E-state index contributed by atoms with van der Waals surface area (Å²) in [5.74, 6) is 0. The summed E-state index contributed by atoms with van der Waals surface area (Å²) in [6, 6.07) is 10.2. The fourth-order valence-electron chi connectivity index (χ4n) is 1.96. The predicted molar refractivity (Wildman–Crippen MR) is 83.7 cm³/mol. The highest BCUT2D eigenvalue weighted by molar-refractivity contribution is 6.21. The van der Waals surface area contributed by atoms with Crippen molar-refractivity contribution >= 4 is 11.6 Å². The third-order valence-electron chi connectivity index (χ3n) is 3.12. The van der Waals surface area contributed by atoms with Gasteiger partial charge in [0.15, 0.2) is 0 Å². The molecule has 108 valence electrons. The number of nitrogens with one attached hydrogen (secondary N) is 1. The van der Waals surface area contributed by atoms with E-state index >= 15 is 0 Å². The molecule has 0 radical (unpaired) electrons. The van der Waals surface area contributed by atoms with Crippen molar-refractivity contribution < 1.29 is 0 Å². The van der Waals surface area contributed by atoms with Gasteiger partial charge in [-0.15, -0.1) is 11.6 Å². The summed E-state index contributed by atoms with van der Waals surface area (Å²) in [5.41, 5.74) is 6.67. The van der Waals surface area contributed by atoms with E-state index in [1.807, 2.05) is 18.2 Å². The molecule has 0 aliphatic heterocycles. The Bertz CT molecular complexity index is 318. The number of hydrogen-bond donors (Lipinski definition) is 2. The van der Waals surface area contributed by atoms with Crippen LogP contribution in [0.2, 0.25) is 0 Å². The second kappa shape index (κ2) is 10.2. The zero-order valence-electron chi connectivity index (χ0n) is 11.8. The Morgan fingerprint density at radius 1 is 1.21 bits per heavy atom. The summed E-state index contributed by atoms with van der Waals surface area (Å²) < 4.78 is 0. The third kappa shape index (κ3) is 7.53. The molecule has 0 aliphatic carbocycles. The molecule has 0 aromatic heterocycles. The van der Waals surface area contributed by atoms with Gasteiger partial charge >= 0.3 is 0 Å². The molecule has 3 N–H and O–H groups in total. The molecule has 0 amide bonds. The van der Waals surface area contributed by atoms with Crippen LogP contribution in [0, 0.1) is 0 Å². The number of nitrogens with two attached hydrogens (primary N) is 1. The van der Waals surface area contributed by atoms with Crippen molar-refractivity contribution in [3.63, 3.8) is 0 Å². The minimum absolute atomic E-state index is 0.0520. The van der Waals surface area contributed by atoms with Gasteiger partial charge in [-0.1, -0.05) is 30.3 Å². The lowest BCUT2D eigenvalue weighted by molar-refractivity contribution is 0.324. The third-order valence-corrected chi connectivity index (χ3v) is 3.53. The Morgan fingerprint density at radius 2 is 1.89 bits per heavy atom. The molecule has 4 heteroatoms. The molecule has 1 aromatic carbocycles. The highest BCUT2D eigenvalue weighted by Gasteiger charge is 2.06.